The summed E-state index contributed by atoms with van der Waals surface area (Å²) in [6, 6.07) is 12.4. The lowest BCUT2D eigenvalue weighted by Crippen LogP contribution is -1.85. The number of hydrogen-bond acceptors (Lipinski definition) is 2. The molecule has 0 unspecified atom stereocenters. The Morgan fingerprint density at radius 3 is 2.44 bits per heavy atom. The summed E-state index contributed by atoms with van der Waals surface area (Å²) in [7, 11) is 0. The lowest BCUT2D eigenvalue weighted by atomic mass is 10.1. The highest BCUT2D eigenvalue weighted by Gasteiger charge is 2.04. The van der Waals surface area contributed by atoms with E-state index in [-0.39, 0.29) is 6.61 Å². The number of rotatable bonds is 3. The van der Waals surface area contributed by atoms with E-state index in [1.807, 2.05) is 18.2 Å². The maximum absolute atomic E-state index is 9.08. The number of hydrogen-bond donors (Lipinski definition) is 1. The van der Waals surface area contributed by atoms with Gasteiger partial charge in [0.05, 0.1) is 6.61 Å². The van der Waals surface area contributed by atoms with E-state index in [0.29, 0.717) is 0 Å². The van der Waals surface area contributed by atoms with Gasteiger partial charge in [0.1, 0.15) is 0 Å². The molecule has 0 aliphatic rings. The molecule has 0 saturated carbocycles. The minimum Gasteiger partial charge on any atom is -0.392 e. The van der Waals surface area contributed by atoms with Crippen molar-refractivity contribution >= 4 is 27.7 Å². The Labute approximate surface area is 120 Å². The highest BCUT2D eigenvalue weighted by Crippen LogP contribution is 2.34. The molecule has 2 rings (SSSR count). The molecule has 0 fully saturated rings. The Morgan fingerprint density at radius 1 is 1.06 bits per heavy atom. The fourth-order valence-corrected chi connectivity index (χ4v) is 3.22. The maximum Gasteiger partial charge on any atom is 0.0682 e. The van der Waals surface area contributed by atoms with E-state index in [0.717, 1.165) is 14.9 Å². The van der Waals surface area contributed by atoms with Crippen molar-refractivity contribution < 1.29 is 5.11 Å². The molecular weight excluding hydrogens is 308 g/mol. The summed E-state index contributed by atoms with van der Waals surface area (Å²) in [5.74, 6) is 0. The minimum atomic E-state index is 0.0766. The Hall–Kier alpha value is -0.770. The van der Waals surface area contributed by atoms with Crippen molar-refractivity contribution in [1.29, 1.82) is 0 Å². The van der Waals surface area contributed by atoms with E-state index in [2.05, 4.69) is 48.0 Å². The quantitative estimate of drug-likeness (QED) is 0.883. The van der Waals surface area contributed by atoms with Crippen LogP contribution in [0.2, 0.25) is 0 Å². The van der Waals surface area contributed by atoms with Crippen LogP contribution in [-0.4, -0.2) is 5.11 Å². The van der Waals surface area contributed by atoms with Crippen molar-refractivity contribution in [3.05, 3.63) is 57.6 Å². The number of aliphatic hydroxyl groups excluding tert-OH is 1. The van der Waals surface area contributed by atoms with Crippen molar-refractivity contribution in [2.75, 3.05) is 0 Å². The summed E-state index contributed by atoms with van der Waals surface area (Å²) in [4.78, 5) is 2.39. The molecule has 18 heavy (non-hydrogen) atoms. The number of aryl methyl sites for hydroxylation is 2. The summed E-state index contributed by atoms with van der Waals surface area (Å²) < 4.78 is 1.03. The smallest absolute Gasteiger partial charge is 0.0682 e. The topological polar surface area (TPSA) is 20.2 Å². The van der Waals surface area contributed by atoms with Crippen molar-refractivity contribution in [3.8, 4) is 0 Å². The van der Waals surface area contributed by atoms with Crippen molar-refractivity contribution in [3.63, 3.8) is 0 Å². The molecule has 0 atom stereocenters. The summed E-state index contributed by atoms with van der Waals surface area (Å²) in [6.45, 7) is 4.33. The van der Waals surface area contributed by atoms with E-state index < -0.39 is 0 Å². The molecule has 0 aliphatic heterocycles. The standard InChI is InChI=1S/C15H15BrOS/c1-10-3-5-13(7-11(10)2)18-15-6-4-12(9-17)8-14(15)16/h3-8,17H,9H2,1-2H3. The molecule has 0 saturated heterocycles. The zero-order valence-corrected chi connectivity index (χ0v) is 12.8. The highest BCUT2D eigenvalue weighted by atomic mass is 79.9. The molecule has 94 valence electrons. The van der Waals surface area contributed by atoms with Crippen LogP contribution in [0.5, 0.6) is 0 Å². The molecule has 0 bridgehead atoms. The Bertz CT molecular complexity index is 566. The molecule has 0 spiro atoms. The van der Waals surface area contributed by atoms with Gasteiger partial charge in [0.25, 0.3) is 0 Å². The van der Waals surface area contributed by atoms with Crippen LogP contribution in [0.25, 0.3) is 0 Å². The Kier molecular flexibility index (Phi) is 4.49. The summed E-state index contributed by atoms with van der Waals surface area (Å²) >= 11 is 5.27. The highest BCUT2D eigenvalue weighted by molar-refractivity contribution is 9.10. The lowest BCUT2D eigenvalue weighted by molar-refractivity contribution is 0.281. The molecule has 1 nitrogen and oxygen atoms in total. The van der Waals surface area contributed by atoms with Gasteiger partial charge >= 0.3 is 0 Å². The van der Waals surface area contributed by atoms with Gasteiger partial charge in [-0.2, -0.15) is 0 Å². The van der Waals surface area contributed by atoms with Crippen LogP contribution in [0, 0.1) is 13.8 Å². The van der Waals surface area contributed by atoms with Crippen molar-refractivity contribution in [2.24, 2.45) is 0 Å². The summed E-state index contributed by atoms with van der Waals surface area (Å²) in [5.41, 5.74) is 3.54. The zero-order valence-electron chi connectivity index (χ0n) is 10.4. The first-order chi connectivity index (χ1) is 8.60. The van der Waals surface area contributed by atoms with Gasteiger partial charge in [-0.05, 0) is 70.7 Å². The van der Waals surface area contributed by atoms with Crippen LogP contribution in [-0.2, 0) is 6.61 Å². The van der Waals surface area contributed by atoms with Crippen LogP contribution in [0.15, 0.2) is 50.7 Å². The number of benzene rings is 2. The van der Waals surface area contributed by atoms with E-state index in [1.165, 1.54) is 16.0 Å². The third-order valence-corrected chi connectivity index (χ3v) is 4.87. The second-order valence-corrected chi connectivity index (χ2v) is 6.24. The fraction of sp³-hybridized carbons (Fsp3) is 0.200. The largest absolute Gasteiger partial charge is 0.392 e. The van der Waals surface area contributed by atoms with Gasteiger partial charge in [0.15, 0.2) is 0 Å². The predicted molar refractivity (Wildman–Crippen MR) is 80.1 cm³/mol. The predicted octanol–water partition coefficient (Wildman–Crippen LogP) is 4.71. The first-order valence-electron chi connectivity index (χ1n) is 5.74. The fourth-order valence-electron chi connectivity index (χ4n) is 1.63. The Morgan fingerprint density at radius 2 is 1.83 bits per heavy atom. The second kappa shape index (κ2) is 5.91. The van der Waals surface area contributed by atoms with E-state index >= 15 is 0 Å². The van der Waals surface area contributed by atoms with Crippen molar-refractivity contribution in [1.82, 2.24) is 0 Å². The number of halogens is 1. The van der Waals surface area contributed by atoms with Gasteiger partial charge in [0.2, 0.25) is 0 Å². The van der Waals surface area contributed by atoms with E-state index in [1.54, 1.807) is 11.8 Å². The van der Waals surface area contributed by atoms with Crippen LogP contribution < -0.4 is 0 Å². The molecule has 2 aromatic rings. The molecule has 0 aliphatic carbocycles. The molecule has 0 aromatic heterocycles. The number of aliphatic hydroxyl groups is 1. The molecule has 0 heterocycles. The van der Waals surface area contributed by atoms with Gasteiger partial charge in [-0.3, -0.25) is 0 Å². The normalized spacial score (nSPS) is 10.7. The van der Waals surface area contributed by atoms with Gasteiger partial charge in [-0.25, -0.2) is 0 Å². The third-order valence-electron chi connectivity index (χ3n) is 2.89. The van der Waals surface area contributed by atoms with E-state index in [9.17, 15) is 0 Å². The average Bonchev–Trinajstić information content (AvgIpc) is 2.36. The second-order valence-electron chi connectivity index (χ2n) is 4.27. The molecule has 2 aromatic carbocycles. The lowest BCUT2D eigenvalue weighted by Gasteiger charge is -2.08. The van der Waals surface area contributed by atoms with Crippen LogP contribution >= 0.6 is 27.7 Å². The average molecular weight is 323 g/mol. The van der Waals surface area contributed by atoms with Crippen LogP contribution in [0.1, 0.15) is 16.7 Å². The Balaban J connectivity index is 2.25. The molecule has 0 amide bonds. The van der Waals surface area contributed by atoms with Gasteiger partial charge in [0, 0.05) is 14.3 Å². The molecule has 0 radical (unpaired) electrons. The summed E-state index contributed by atoms with van der Waals surface area (Å²) in [6.07, 6.45) is 0. The van der Waals surface area contributed by atoms with Gasteiger partial charge in [-0.1, -0.05) is 23.9 Å². The molecular formula is C15H15BrOS. The van der Waals surface area contributed by atoms with E-state index in [4.69, 9.17) is 5.11 Å². The third kappa shape index (κ3) is 3.16. The molecule has 1 N–H and O–H groups in total. The SMILES string of the molecule is Cc1ccc(Sc2ccc(CO)cc2Br)cc1C. The first-order valence-corrected chi connectivity index (χ1v) is 7.35. The maximum atomic E-state index is 9.08. The zero-order chi connectivity index (χ0) is 13.1. The monoisotopic (exact) mass is 322 g/mol. The van der Waals surface area contributed by atoms with Crippen LogP contribution in [0.3, 0.4) is 0 Å². The van der Waals surface area contributed by atoms with Gasteiger partial charge in [-0.15, -0.1) is 0 Å². The first kappa shape index (κ1) is 13.7. The molecule has 3 heteroatoms. The minimum absolute atomic E-state index is 0.0766. The van der Waals surface area contributed by atoms with Crippen molar-refractivity contribution in [2.45, 2.75) is 30.2 Å². The summed E-state index contributed by atoms with van der Waals surface area (Å²) in [5, 5.41) is 9.08. The van der Waals surface area contributed by atoms with Gasteiger partial charge < -0.3 is 5.11 Å². The van der Waals surface area contributed by atoms with Crippen LogP contribution in [0.4, 0.5) is 0 Å².